The molecule has 0 N–H and O–H groups in total. The van der Waals surface area contributed by atoms with Gasteiger partial charge in [-0.15, -0.1) is 0 Å². The Kier molecular flexibility index (Phi) is 4.25. The zero-order valence-corrected chi connectivity index (χ0v) is 15.2. The van der Waals surface area contributed by atoms with Crippen LogP contribution in [-0.2, 0) is 9.22 Å². The van der Waals surface area contributed by atoms with Crippen molar-refractivity contribution in [3.63, 3.8) is 0 Å². The summed E-state index contributed by atoms with van der Waals surface area (Å²) in [5, 5.41) is 0. The number of hydrogen-bond acceptors (Lipinski definition) is 2. The van der Waals surface area contributed by atoms with Gasteiger partial charge in [-0.25, -0.2) is 0 Å². The first-order valence-corrected chi connectivity index (χ1v) is 11.6. The molecular formula is C17H32O2Si. The summed E-state index contributed by atoms with van der Waals surface area (Å²) in [5.74, 6) is 1.27. The second-order valence-corrected chi connectivity index (χ2v) is 13.4. The highest BCUT2D eigenvalue weighted by Gasteiger charge is 2.54. The van der Waals surface area contributed by atoms with Crippen molar-refractivity contribution in [2.24, 2.45) is 22.7 Å². The third kappa shape index (κ3) is 3.04. The molecule has 2 nitrogen and oxygen atoms in total. The first-order valence-electron chi connectivity index (χ1n) is 8.23. The molecule has 2 saturated carbocycles. The predicted octanol–water partition coefficient (Wildman–Crippen LogP) is 4.65. The van der Waals surface area contributed by atoms with Crippen LogP contribution in [0.25, 0.3) is 0 Å². The van der Waals surface area contributed by atoms with Crippen LogP contribution in [-0.4, -0.2) is 20.7 Å². The van der Waals surface area contributed by atoms with Gasteiger partial charge < -0.3 is 4.43 Å². The van der Waals surface area contributed by atoms with Crippen LogP contribution in [0.3, 0.4) is 0 Å². The highest BCUT2D eigenvalue weighted by atomic mass is 28.4. The molecule has 0 spiro atoms. The molecule has 1 unspecified atom stereocenters. The van der Waals surface area contributed by atoms with Crippen molar-refractivity contribution in [2.45, 2.75) is 72.5 Å². The highest BCUT2D eigenvalue weighted by Crippen LogP contribution is 2.59. The Morgan fingerprint density at radius 1 is 1.20 bits per heavy atom. The summed E-state index contributed by atoms with van der Waals surface area (Å²) in [6.07, 6.45) is 5.63. The minimum atomic E-state index is -1.55. The van der Waals surface area contributed by atoms with E-state index in [1.165, 1.54) is 19.3 Å². The molecule has 0 aromatic heterocycles. The molecule has 0 amide bonds. The van der Waals surface area contributed by atoms with Crippen molar-refractivity contribution in [3.05, 3.63) is 0 Å². The van der Waals surface area contributed by atoms with E-state index < -0.39 is 8.32 Å². The van der Waals surface area contributed by atoms with Crippen LogP contribution in [0.1, 0.15) is 52.9 Å². The van der Waals surface area contributed by atoms with Crippen molar-refractivity contribution < 1.29 is 9.22 Å². The van der Waals surface area contributed by atoms with Crippen molar-refractivity contribution in [1.29, 1.82) is 0 Å². The van der Waals surface area contributed by atoms with E-state index in [0.29, 0.717) is 23.7 Å². The number of Topliss-reactive ketones (excluding diaryl/α,β-unsaturated/α-hetero) is 1. The zero-order valence-electron chi connectivity index (χ0n) is 14.2. The monoisotopic (exact) mass is 296 g/mol. The van der Waals surface area contributed by atoms with Crippen LogP contribution in [0.2, 0.25) is 19.6 Å². The second kappa shape index (κ2) is 5.24. The summed E-state index contributed by atoms with van der Waals surface area (Å²) in [5.41, 5.74) is 0.543. The fraction of sp³-hybridized carbons (Fsp3) is 0.941. The number of carbonyl (C=O) groups is 1. The Balaban J connectivity index is 2.22. The predicted molar refractivity (Wildman–Crippen MR) is 86.3 cm³/mol. The molecule has 0 aromatic rings. The molecular weight excluding hydrogens is 264 g/mol. The summed E-state index contributed by atoms with van der Waals surface area (Å²) in [7, 11) is -1.55. The molecule has 3 heteroatoms. The maximum absolute atomic E-state index is 12.5. The molecule has 2 aliphatic carbocycles. The minimum absolute atomic E-state index is 0.132. The fourth-order valence-electron chi connectivity index (χ4n) is 4.75. The molecule has 2 fully saturated rings. The first-order chi connectivity index (χ1) is 9.06. The Bertz CT molecular complexity index is 383. The van der Waals surface area contributed by atoms with E-state index in [1.54, 1.807) is 0 Å². The Hall–Kier alpha value is -0.153. The van der Waals surface area contributed by atoms with E-state index >= 15 is 0 Å². The molecule has 116 valence electrons. The average molecular weight is 297 g/mol. The largest absolute Gasteiger partial charge is 0.417 e. The third-order valence-electron chi connectivity index (χ3n) is 5.82. The standard InChI is InChI=1S/C17H32O2Si/c1-16(2)10-7-11-17(3)13(12-19-20(4,5)6)14(18)8-9-15(16)17/h13,15H,7-12H2,1-6H3/t13?,15-,17+/m0/s1. The van der Waals surface area contributed by atoms with Crippen LogP contribution < -0.4 is 0 Å². The van der Waals surface area contributed by atoms with Crippen molar-refractivity contribution in [1.82, 2.24) is 0 Å². The van der Waals surface area contributed by atoms with Gasteiger partial charge in [0.2, 0.25) is 0 Å². The van der Waals surface area contributed by atoms with Gasteiger partial charge in [0, 0.05) is 18.9 Å². The van der Waals surface area contributed by atoms with Crippen LogP contribution in [0.15, 0.2) is 0 Å². The third-order valence-corrected chi connectivity index (χ3v) is 6.86. The molecule has 2 rings (SSSR count). The van der Waals surface area contributed by atoms with Crippen LogP contribution in [0.5, 0.6) is 0 Å². The van der Waals surface area contributed by atoms with E-state index in [1.807, 2.05) is 0 Å². The molecule has 2 aliphatic rings. The van der Waals surface area contributed by atoms with Crippen molar-refractivity contribution in [3.8, 4) is 0 Å². The van der Waals surface area contributed by atoms with Crippen LogP contribution in [0.4, 0.5) is 0 Å². The van der Waals surface area contributed by atoms with Gasteiger partial charge in [0.1, 0.15) is 5.78 Å². The Morgan fingerprint density at radius 3 is 2.45 bits per heavy atom. The summed E-state index contributed by atoms with van der Waals surface area (Å²) in [6, 6.07) is 0. The van der Waals surface area contributed by atoms with E-state index in [0.717, 1.165) is 12.8 Å². The van der Waals surface area contributed by atoms with E-state index in [9.17, 15) is 4.79 Å². The van der Waals surface area contributed by atoms with Gasteiger partial charge in [-0.1, -0.05) is 27.2 Å². The van der Waals surface area contributed by atoms with E-state index in [2.05, 4.69) is 40.4 Å². The molecule has 0 heterocycles. The lowest BCUT2D eigenvalue weighted by Crippen LogP contribution is -2.53. The maximum atomic E-state index is 12.5. The minimum Gasteiger partial charge on any atom is -0.417 e. The molecule has 0 radical (unpaired) electrons. The van der Waals surface area contributed by atoms with E-state index in [4.69, 9.17) is 4.43 Å². The quantitative estimate of drug-likeness (QED) is 0.709. The van der Waals surface area contributed by atoms with Gasteiger partial charge in [-0.3, -0.25) is 4.79 Å². The van der Waals surface area contributed by atoms with Gasteiger partial charge >= 0.3 is 0 Å². The number of carbonyl (C=O) groups excluding carboxylic acids is 1. The van der Waals surface area contributed by atoms with Gasteiger partial charge in [0.15, 0.2) is 8.32 Å². The molecule has 0 saturated heterocycles. The lowest BCUT2D eigenvalue weighted by Gasteiger charge is -2.56. The molecule has 0 aliphatic heterocycles. The summed E-state index contributed by atoms with van der Waals surface area (Å²) >= 11 is 0. The highest BCUT2D eigenvalue weighted by molar-refractivity contribution is 6.69. The van der Waals surface area contributed by atoms with Crippen LogP contribution in [0, 0.1) is 22.7 Å². The normalized spacial score (nSPS) is 37.6. The lowest BCUT2D eigenvalue weighted by atomic mass is 9.48. The Morgan fingerprint density at radius 2 is 1.85 bits per heavy atom. The number of ketones is 1. The smallest absolute Gasteiger partial charge is 0.183 e. The fourth-order valence-corrected chi connectivity index (χ4v) is 5.42. The number of rotatable bonds is 3. The van der Waals surface area contributed by atoms with Gasteiger partial charge in [-0.05, 0) is 55.7 Å². The summed E-state index contributed by atoms with van der Waals surface area (Å²) in [6.45, 7) is 14.5. The van der Waals surface area contributed by atoms with Crippen LogP contribution >= 0.6 is 0 Å². The molecule has 0 bridgehead atoms. The Labute approximate surface area is 125 Å². The molecule has 20 heavy (non-hydrogen) atoms. The topological polar surface area (TPSA) is 26.3 Å². The molecule has 0 aromatic carbocycles. The van der Waals surface area contributed by atoms with Gasteiger partial charge in [0.05, 0.1) is 0 Å². The lowest BCUT2D eigenvalue weighted by molar-refractivity contribution is -0.145. The zero-order chi connectivity index (χ0) is 15.2. The SMILES string of the molecule is CC1(C)CCC[C@]2(C)C(CO[Si](C)(C)C)C(=O)CC[C@@H]12. The average Bonchev–Trinajstić information content (AvgIpc) is 2.24. The van der Waals surface area contributed by atoms with E-state index in [-0.39, 0.29) is 11.3 Å². The maximum Gasteiger partial charge on any atom is 0.183 e. The number of hydrogen-bond donors (Lipinski definition) is 0. The van der Waals surface area contributed by atoms with Crippen molar-refractivity contribution in [2.75, 3.05) is 6.61 Å². The molecule has 3 atom stereocenters. The summed E-state index contributed by atoms with van der Waals surface area (Å²) in [4.78, 5) is 12.5. The second-order valence-electron chi connectivity index (χ2n) is 8.88. The van der Waals surface area contributed by atoms with Gasteiger partial charge in [-0.2, -0.15) is 0 Å². The van der Waals surface area contributed by atoms with Gasteiger partial charge in [0.25, 0.3) is 0 Å². The van der Waals surface area contributed by atoms with Crippen molar-refractivity contribution >= 4 is 14.1 Å². The first kappa shape index (κ1) is 16.2. The number of fused-ring (bicyclic) bond motifs is 1. The summed E-state index contributed by atoms with van der Waals surface area (Å²) < 4.78 is 6.14.